The molecule has 0 aliphatic carbocycles. The molecular weight excluding hydrogens is 406 g/mol. The van der Waals surface area contributed by atoms with E-state index in [2.05, 4.69) is 9.97 Å². The van der Waals surface area contributed by atoms with Crippen molar-refractivity contribution in [3.63, 3.8) is 0 Å². The van der Waals surface area contributed by atoms with E-state index in [-0.39, 0.29) is 24.5 Å². The van der Waals surface area contributed by atoms with E-state index in [1.807, 2.05) is 6.07 Å². The van der Waals surface area contributed by atoms with Gasteiger partial charge >= 0.3 is 5.97 Å². The molecule has 0 unspecified atom stereocenters. The summed E-state index contributed by atoms with van der Waals surface area (Å²) < 4.78 is 35.0. The molecule has 3 aromatic heterocycles. The van der Waals surface area contributed by atoms with Crippen LogP contribution in [0.25, 0.3) is 22.0 Å². The number of carbonyl (C=O) groups excluding carboxylic acids is 1. The maximum atomic E-state index is 14.8. The zero-order chi connectivity index (χ0) is 21.4. The smallest absolute Gasteiger partial charge is 0.338 e. The first-order chi connectivity index (χ1) is 14.9. The van der Waals surface area contributed by atoms with Crippen LogP contribution in [-0.2, 0) is 24.9 Å². The number of ether oxygens (including phenoxy) is 1. The number of esters is 1. The standard InChI is InChI=1S/C22H14F2N4O3/c1-27-8-15-14-2-10-9-31-22(30)13(10)4-17(14)28(20-16(24)3-12(23)6-26-20)7-11-5-25-19(18(11)15)21(27)29/h2-6,8,25H,7,9H2,1H3. The van der Waals surface area contributed by atoms with Crippen molar-refractivity contribution >= 4 is 28.4 Å². The number of nitrogens with one attached hydrogen (secondary N) is 1. The Bertz CT molecular complexity index is 1510. The number of fused-ring (bicyclic) bond motifs is 3. The Balaban J connectivity index is 1.73. The van der Waals surface area contributed by atoms with Crippen LogP contribution in [0.4, 0.5) is 20.3 Å². The van der Waals surface area contributed by atoms with Crippen molar-refractivity contribution in [1.82, 2.24) is 14.5 Å². The van der Waals surface area contributed by atoms with Crippen molar-refractivity contribution in [3.05, 3.63) is 75.5 Å². The van der Waals surface area contributed by atoms with Crippen LogP contribution in [-0.4, -0.2) is 20.5 Å². The average Bonchev–Trinajstić information content (AvgIpc) is 3.29. The summed E-state index contributed by atoms with van der Waals surface area (Å²) in [5.74, 6) is -2.16. The summed E-state index contributed by atoms with van der Waals surface area (Å²) in [4.78, 5) is 33.5. The number of hydrogen-bond donors (Lipinski definition) is 1. The topological polar surface area (TPSA) is 80.2 Å². The molecule has 0 atom stereocenters. The van der Waals surface area contributed by atoms with E-state index in [1.54, 1.807) is 30.4 Å². The summed E-state index contributed by atoms with van der Waals surface area (Å²) in [6, 6.07) is 4.24. The van der Waals surface area contributed by atoms with Gasteiger partial charge in [0, 0.05) is 47.6 Å². The minimum atomic E-state index is -0.832. The third kappa shape index (κ3) is 2.40. The number of aromatic nitrogens is 3. The number of aromatic amines is 1. The molecule has 7 nitrogen and oxygen atoms in total. The summed E-state index contributed by atoms with van der Waals surface area (Å²) in [5, 5.41) is 0.722. The SMILES string of the molecule is Cn1cc2c3c(c[nH]c3c1=O)CN(c1ncc(F)cc1F)c1cc3c(cc1-2)COC3=O. The van der Waals surface area contributed by atoms with Gasteiger partial charge in [-0.3, -0.25) is 4.79 Å². The van der Waals surface area contributed by atoms with Gasteiger partial charge < -0.3 is 19.2 Å². The summed E-state index contributed by atoms with van der Waals surface area (Å²) in [5.41, 5.74) is 4.07. The second-order valence-electron chi connectivity index (χ2n) is 7.67. The lowest BCUT2D eigenvalue weighted by Crippen LogP contribution is -2.19. The van der Waals surface area contributed by atoms with Crippen molar-refractivity contribution in [2.45, 2.75) is 13.2 Å². The van der Waals surface area contributed by atoms with Crippen LogP contribution in [0, 0.1) is 11.6 Å². The minimum Gasteiger partial charge on any atom is -0.457 e. The van der Waals surface area contributed by atoms with Gasteiger partial charge in [-0.1, -0.05) is 0 Å². The average molecular weight is 420 g/mol. The van der Waals surface area contributed by atoms with E-state index >= 15 is 0 Å². The van der Waals surface area contributed by atoms with Gasteiger partial charge in [-0.15, -0.1) is 0 Å². The molecule has 2 aliphatic heterocycles. The molecule has 5 heterocycles. The second kappa shape index (κ2) is 6.00. The molecule has 0 fully saturated rings. The van der Waals surface area contributed by atoms with Gasteiger partial charge in [-0.2, -0.15) is 0 Å². The van der Waals surface area contributed by atoms with Crippen LogP contribution >= 0.6 is 0 Å². The number of aryl methyl sites for hydroxylation is 1. The maximum Gasteiger partial charge on any atom is 0.338 e. The summed E-state index contributed by atoms with van der Waals surface area (Å²) >= 11 is 0. The summed E-state index contributed by atoms with van der Waals surface area (Å²) in [6.07, 6.45) is 4.38. The fraction of sp³-hybridized carbons (Fsp3) is 0.136. The molecule has 0 bridgehead atoms. The minimum absolute atomic E-state index is 0.0807. The number of cyclic esters (lactones) is 1. The van der Waals surface area contributed by atoms with Crippen molar-refractivity contribution in [2.75, 3.05) is 4.90 Å². The van der Waals surface area contributed by atoms with E-state index in [0.29, 0.717) is 27.9 Å². The Labute approximate surface area is 173 Å². The maximum absolute atomic E-state index is 14.8. The van der Waals surface area contributed by atoms with Gasteiger partial charge in [0.25, 0.3) is 5.56 Å². The molecule has 1 aromatic carbocycles. The monoisotopic (exact) mass is 420 g/mol. The fourth-order valence-corrected chi connectivity index (χ4v) is 4.42. The van der Waals surface area contributed by atoms with Gasteiger partial charge in [0.05, 0.1) is 24.0 Å². The molecule has 2 aliphatic rings. The highest BCUT2D eigenvalue weighted by molar-refractivity contribution is 6.04. The van der Waals surface area contributed by atoms with Crippen molar-refractivity contribution in [3.8, 4) is 11.1 Å². The number of halogens is 2. The molecule has 6 rings (SSSR count). The third-order valence-corrected chi connectivity index (χ3v) is 5.84. The van der Waals surface area contributed by atoms with Gasteiger partial charge in [-0.05, 0) is 17.7 Å². The van der Waals surface area contributed by atoms with Crippen molar-refractivity contribution < 1.29 is 18.3 Å². The Morgan fingerprint density at radius 3 is 2.74 bits per heavy atom. The van der Waals surface area contributed by atoms with Gasteiger partial charge in [0.2, 0.25) is 0 Å². The molecule has 0 saturated carbocycles. The number of rotatable bonds is 1. The van der Waals surface area contributed by atoms with Gasteiger partial charge in [0.15, 0.2) is 11.6 Å². The van der Waals surface area contributed by atoms with Crippen LogP contribution in [0.15, 0.2) is 41.6 Å². The number of pyridine rings is 2. The van der Waals surface area contributed by atoms with Crippen molar-refractivity contribution in [2.24, 2.45) is 7.05 Å². The van der Waals surface area contributed by atoms with Crippen LogP contribution < -0.4 is 10.5 Å². The fourth-order valence-electron chi connectivity index (χ4n) is 4.42. The van der Waals surface area contributed by atoms with E-state index in [9.17, 15) is 18.4 Å². The normalized spacial score (nSPS) is 14.4. The third-order valence-electron chi connectivity index (χ3n) is 5.84. The molecule has 31 heavy (non-hydrogen) atoms. The Morgan fingerprint density at radius 2 is 1.94 bits per heavy atom. The number of carbonyl (C=O) groups is 1. The van der Waals surface area contributed by atoms with Crippen LogP contribution in [0.2, 0.25) is 0 Å². The first-order valence-corrected chi connectivity index (χ1v) is 9.55. The first kappa shape index (κ1) is 17.8. The molecular formula is C22H14F2N4O3. The highest BCUT2D eigenvalue weighted by atomic mass is 19.1. The zero-order valence-electron chi connectivity index (χ0n) is 16.2. The lowest BCUT2D eigenvalue weighted by molar-refractivity contribution is 0.0535. The number of nitrogens with zero attached hydrogens (tertiary/aromatic N) is 3. The van der Waals surface area contributed by atoms with Crippen LogP contribution in [0.5, 0.6) is 0 Å². The molecule has 4 aromatic rings. The highest BCUT2D eigenvalue weighted by Crippen LogP contribution is 2.45. The van der Waals surface area contributed by atoms with E-state index in [1.165, 1.54) is 4.57 Å². The molecule has 0 amide bonds. The molecule has 1 N–H and O–H groups in total. The number of hydrogen-bond acceptors (Lipinski definition) is 5. The van der Waals surface area contributed by atoms with E-state index < -0.39 is 17.6 Å². The number of H-pyrrole nitrogens is 1. The predicted octanol–water partition coefficient (Wildman–Crippen LogP) is 3.53. The number of anilines is 2. The molecule has 9 heteroatoms. The largest absolute Gasteiger partial charge is 0.457 e. The summed E-state index contributed by atoms with van der Waals surface area (Å²) in [6.45, 7) is 0.302. The van der Waals surface area contributed by atoms with Crippen molar-refractivity contribution in [1.29, 1.82) is 0 Å². The Hall–Kier alpha value is -4.01. The van der Waals surface area contributed by atoms with Crippen LogP contribution in [0.3, 0.4) is 0 Å². The Morgan fingerprint density at radius 1 is 1.10 bits per heavy atom. The van der Waals surface area contributed by atoms with E-state index in [0.717, 1.165) is 28.8 Å². The van der Waals surface area contributed by atoms with Crippen LogP contribution in [0.1, 0.15) is 21.5 Å². The molecule has 0 radical (unpaired) electrons. The highest BCUT2D eigenvalue weighted by Gasteiger charge is 2.31. The van der Waals surface area contributed by atoms with Gasteiger partial charge in [0.1, 0.15) is 17.9 Å². The van der Waals surface area contributed by atoms with E-state index in [4.69, 9.17) is 4.74 Å². The zero-order valence-corrected chi connectivity index (χ0v) is 16.2. The predicted molar refractivity (Wildman–Crippen MR) is 108 cm³/mol. The lowest BCUT2D eigenvalue weighted by Gasteiger charge is -2.25. The second-order valence-corrected chi connectivity index (χ2v) is 7.67. The molecule has 0 spiro atoms. The Kier molecular flexibility index (Phi) is 3.45. The lowest BCUT2D eigenvalue weighted by atomic mass is 9.96. The quantitative estimate of drug-likeness (QED) is 0.477. The number of benzene rings is 1. The van der Waals surface area contributed by atoms with Gasteiger partial charge in [-0.25, -0.2) is 18.6 Å². The summed E-state index contributed by atoms with van der Waals surface area (Å²) in [7, 11) is 1.66. The molecule has 154 valence electrons. The molecule has 0 saturated heterocycles. The first-order valence-electron chi connectivity index (χ1n) is 9.55.